The van der Waals surface area contributed by atoms with E-state index in [9.17, 15) is 5.26 Å². The van der Waals surface area contributed by atoms with Crippen molar-refractivity contribution in [2.45, 2.75) is 6.61 Å². The van der Waals surface area contributed by atoms with E-state index in [0.29, 0.717) is 39.0 Å². The molecule has 4 aromatic rings. The van der Waals surface area contributed by atoms with Gasteiger partial charge in [0, 0.05) is 5.02 Å². The molecular formula is C24H17BrClN3O2. The molecule has 5 nitrogen and oxygen atoms in total. The SMILES string of the molecule is COc1cc(/C=C(\C#N)c2nc3ccccc3[nH]2)cc(Br)c1OCc1ccc(Cl)cc1. The molecule has 0 spiro atoms. The third kappa shape index (κ3) is 4.74. The fourth-order valence-corrected chi connectivity index (χ4v) is 3.80. The summed E-state index contributed by atoms with van der Waals surface area (Å²) in [6.45, 7) is 0.365. The molecule has 3 aromatic carbocycles. The molecule has 154 valence electrons. The Kier molecular flexibility index (Phi) is 6.26. The second-order valence-electron chi connectivity index (χ2n) is 6.72. The van der Waals surface area contributed by atoms with Gasteiger partial charge in [-0.05, 0) is 69.5 Å². The van der Waals surface area contributed by atoms with E-state index in [-0.39, 0.29) is 0 Å². The first-order valence-corrected chi connectivity index (χ1v) is 10.6. The first-order valence-electron chi connectivity index (χ1n) is 9.39. The van der Waals surface area contributed by atoms with E-state index in [1.54, 1.807) is 13.2 Å². The first-order chi connectivity index (χ1) is 15.1. The molecule has 0 fully saturated rings. The Morgan fingerprint density at radius 3 is 2.68 bits per heavy atom. The zero-order valence-electron chi connectivity index (χ0n) is 16.5. The minimum Gasteiger partial charge on any atom is -0.493 e. The van der Waals surface area contributed by atoms with Crippen molar-refractivity contribution in [2.75, 3.05) is 7.11 Å². The molecule has 4 rings (SSSR count). The summed E-state index contributed by atoms with van der Waals surface area (Å²) >= 11 is 9.49. The number of benzene rings is 3. The molecule has 0 bridgehead atoms. The van der Waals surface area contributed by atoms with Crippen LogP contribution in [0.15, 0.2) is 65.1 Å². The summed E-state index contributed by atoms with van der Waals surface area (Å²) in [6, 6.07) is 21.0. The van der Waals surface area contributed by atoms with Gasteiger partial charge in [0.25, 0.3) is 0 Å². The van der Waals surface area contributed by atoms with Crippen LogP contribution >= 0.6 is 27.5 Å². The second-order valence-corrected chi connectivity index (χ2v) is 8.01. The lowest BCUT2D eigenvalue weighted by Crippen LogP contribution is -1.99. The number of fused-ring (bicyclic) bond motifs is 1. The number of ether oxygens (including phenoxy) is 2. The molecule has 1 heterocycles. The van der Waals surface area contributed by atoms with Gasteiger partial charge in [-0.3, -0.25) is 0 Å². The van der Waals surface area contributed by atoms with Gasteiger partial charge in [0.15, 0.2) is 11.5 Å². The van der Waals surface area contributed by atoms with Gasteiger partial charge >= 0.3 is 0 Å². The second kappa shape index (κ2) is 9.25. The molecule has 0 aliphatic rings. The number of allylic oxidation sites excluding steroid dienone is 1. The Morgan fingerprint density at radius 2 is 1.97 bits per heavy atom. The number of aromatic amines is 1. The molecule has 0 aliphatic carbocycles. The number of rotatable bonds is 6. The predicted octanol–water partition coefficient (Wildman–Crippen LogP) is 6.63. The summed E-state index contributed by atoms with van der Waals surface area (Å²) in [5, 5.41) is 10.4. The molecule has 1 N–H and O–H groups in total. The van der Waals surface area contributed by atoms with E-state index in [0.717, 1.165) is 22.2 Å². The van der Waals surface area contributed by atoms with Crippen LogP contribution in [-0.2, 0) is 6.61 Å². The van der Waals surface area contributed by atoms with Crippen LogP contribution in [0.25, 0.3) is 22.7 Å². The van der Waals surface area contributed by atoms with Gasteiger partial charge in [-0.25, -0.2) is 4.98 Å². The Hall–Kier alpha value is -3.27. The van der Waals surface area contributed by atoms with E-state index in [2.05, 4.69) is 32.0 Å². The fraction of sp³-hybridized carbons (Fsp3) is 0.0833. The summed E-state index contributed by atoms with van der Waals surface area (Å²) in [5.74, 6) is 1.65. The smallest absolute Gasteiger partial charge is 0.175 e. The Bertz CT molecular complexity index is 1270. The predicted molar refractivity (Wildman–Crippen MR) is 126 cm³/mol. The number of imidazole rings is 1. The summed E-state index contributed by atoms with van der Waals surface area (Å²) in [4.78, 5) is 7.69. The van der Waals surface area contributed by atoms with Crippen LogP contribution in [0.3, 0.4) is 0 Å². The summed E-state index contributed by atoms with van der Waals surface area (Å²) < 4.78 is 12.2. The normalized spacial score (nSPS) is 11.4. The minimum absolute atomic E-state index is 0.365. The highest BCUT2D eigenvalue weighted by atomic mass is 79.9. The molecule has 0 saturated heterocycles. The van der Waals surface area contributed by atoms with Crippen molar-refractivity contribution in [3.05, 3.63) is 87.1 Å². The summed E-state index contributed by atoms with van der Waals surface area (Å²) in [7, 11) is 1.58. The number of methoxy groups -OCH3 is 1. The maximum Gasteiger partial charge on any atom is 0.175 e. The molecule has 0 aliphatic heterocycles. The third-order valence-corrected chi connectivity index (χ3v) is 5.47. The molecule has 0 unspecified atom stereocenters. The van der Waals surface area contributed by atoms with Crippen molar-refractivity contribution in [3.63, 3.8) is 0 Å². The number of para-hydroxylation sites is 2. The lowest BCUT2D eigenvalue weighted by molar-refractivity contribution is 0.282. The number of nitriles is 1. The number of H-pyrrole nitrogens is 1. The fourth-order valence-electron chi connectivity index (χ4n) is 3.10. The Morgan fingerprint density at radius 1 is 1.19 bits per heavy atom. The number of halogens is 2. The molecule has 0 atom stereocenters. The van der Waals surface area contributed by atoms with Gasteiger partial charge in [-0.15, -0.1) is 0 Å². The van der Waals surface area contributed by atoms with Crippen molar-refractivity contribution < 1.29 is 9.47 Å². The van der Waals surface area contributed by atoms with E-state index in [1.165, 1.54) is 0 Å². The van der Waals surface area contributed by atoms with Crippen molar-refractivity contribution in [1.82, 2.24) is 9.97 Å². The third-order valence-electron chi connectivity index (χ3n) is 4.62. The van der Waals surface area contributed by atoms with Crippen molar-refractivity contribution in [2.24, 2.45) is 0 Å². The topological polar surface area (TPSA) is 70.9 Å². The highest BCUT2D eigenvalue weighted by molar-refractivity contribution is 9.10. The van der Waals surface area contributed by atoms with E-state index < -0.39 is 0 Å². The van der Waals surface area contributed by atoms with E-state index in [1.807, 2.05) is 60.7 Å². The van der Waals surface area contributed by atoms with Crippen LogP contribution in [0.5, 0.6) is 11.5 Å². The largest absolute Gasteiger partial charge is 0.493 e. The van der Waals surface area contributed by atoms with Crippen LogP contribution in [0.2, 0.25) is 5.02 Å². The Balaban J connectivity index is 1.63. The average molecular weight is 495 g/mol. The van der Waals surface area contributed by atoms with Gasteiger partial charge in [0.2, 0.25) is 0 Å². The standard InChI is InChI=1S/C24H17BrClN3O2/c1-30-22-12-16(10-17(13-27)24-28-20-4-2-3-5-21(20)29-24)11-19(25)23(22)31-14-15-6-8-18(26)9-7-15/h2-12H,14H2,1H3,(H,28,29)/b17-10+. The van der Waals surface area contributed by atoms with Crippen LogP contribution < -0.4 is 9.47 Å². The van der Waals surface area contributed by atoms with E-state index >= 15 is 0 Å². The molecule has 1 aromatic heterocycles. The molecule has 0 amide bonds. The van der Waals surface area contributed by atoms with E-state index in [4.69, 9.17) is 21.1 Å². The first kappa shape index (κ1) is 21.0. The zero-order valence-corrected chi connectivity index (χ0v) is 18.9. The average Bonchev–Trinajstić information content (AvgIpc) is 3.21. The lowest BCUT2D eigenvalue weighted by Gasteiger charge is -2.14. The molecule has 0 saturated carbocycles. The van der Waals surface area contributed by atoms with Crippen molar-refractivity contribution in [3.8, 4) is 17.6 Å². The number of nitrogens with one attached hydrogen (secondary N) is 1. The number of hydrogen-bond acceptors (Lipinski definition) is 4. The highest BCUT2D eigenvalue weighted by Crippen LogP contribution is 2.38. The van der Waals surface area contributed by atoms with Crippen LogP contribution in [-0.4, -0.2) is 17.1 Å². The van der Waals surface area contributed by atoms with Crippen LogP contribution in [0.4, 0.5) is 0 Å². The van der Waals surface area contributed by atoms with Gasteiger partial charge in [-0.1, -0.05) is 35.9 Å². The molecule has 0 radical (unpaired) electrons. The van der Waals surface area contributed by atoms with Gasteiger partial charge < -0.3 is 14.5 Å². The summed E-state index contributed by atoms with van der Waals surface area (Å²) in [6.07, 6.45) is 1.76. The molecular weight excluding hydrogens is 478 g/mol. The van der Waals surface area contributed by atoms with Gasteiger partial charge in [-0.2, -0.15) is 5.26 Å². The number of hydrogen-bond donors (Lipinski definition) is 1. The minimum atomic E-state index is 0.365. The highest BCUT2D eigenvalue weighted by Gasteiger charge is 2.13. The number of aromatic nitrogens is 2. The lowest BCUT2D eigenvalue weighted by atomic mass is 10.1. The van der Waals surface area contributed by atoms with Crippen molar-refractivity contribution >= 4 is 50.2 Å². The maximum absolute atomic E-state index is 9.69. The maximum atomic E-state index is 9.69. The number of nitrogens with zero attached hydrogens (tertiary/aromatic N) is 2. The van der Waals surface area contributed by atoms with Gasteiger partial charge in [0.05, 0.1) is 28.2 Å². The van der Waals surface area contributed by atoms with Crippen molar-refractivity contribution in [1.29, 1.82) is 5.26 Å². The van der Waals surface area contributed by atoms with Crippen LogP contribution in [0.1, 0.15) is 17.0 Å². The quantitative estimate of drug-likeness (QED) is 0.305. The monoisotopic (exact) mass is 493 g/mol. The zero-order chi connectivity index (χ0) is 21.8. The molecule has 31 heavy (non-hydrogen) atoms. The molecule has 7 heteroatoms. The van der Waals surface area contributed by atoms with Gasteiger partial charge in [0.1, 0.15) is 18.5 Å². The van der Waals surface area contributed by atoms with Crippen LogP contribution in [0, 0.1) is 11.3 Å². The Labute approximate surface area is 193 Å². The summed E-state index contributed by atoms with van der Waals surface area (Å²) in [5.41, 5.74) is 3.87.